The Bertz CT molecular complexity index is 812. The number of hydrogen-bond donors (Lipinski definition) is 2. The zero-order chi connectivity index (χ0) is 15.8. The van der Waals surface area contributed by atoms with Gasteiger partial charge in [0.25, 0.3) is 0 Å². The average molecular weight is 302 g/mol. The lowest BCUT2D eigenvalue weighted by atomic mass is 9.95. The highest BCUT2D eigenvalue weighted by molar-refractivity contribution is 5.83. The second-order valence-corrected chi connectivity index (χ2v) is 5.81. The Morgan fingerprint density at radius 2 is 1.43 bits per heavy atom. The van der Waals surface area contributed by atoms with Gasteiger partial charge >= 0.3 is 0 Å². The number of fused-ring (bicyclic) bond motifs is 2. The minimum Gasteiger partial charge on any atom is -0.375 e. The van der Waals surface area contributed by atoms with Gasteiger partial charge < -0.3 is 15.7 Å². The highest BCUT2D eigenvalue weighted by Gasteiger charge is 2.23. The van der Waals surface area contributed by atoms with Crippen LogP contribution in [0.15, 0.2) is 72.8 Å². The molecule has 0 aliphatic carbocycles. The Kier molecular flexibility index (Phi) is 3.37. The number of anilines is 3. The fraction of sp³-hybridized carbons (Fsp3) is 0.100. The number of para-hydroxylation sites is 2. The standard InChI is InChI=1S/C20H18N2O/c21-20(23)16-8-5-9-17(13-16)22-18-10-3-1-6-14(18)12-15-7-2-4-11-19(15)22/h1-11,13,20,23H,12,21H2. The maximum absolute atomic E-state index is 9.70. The van der Waals surface area contributed by atoms with E-state index >= 15 is 0 Å². The molecule has 3 N–H and O–H groups in total. The van der Waals surface area contributed by atoms with Gasteiger partial charge in [-0.15, -0.1) is 0 Å². The van der Waals surface area contributed by atoms with Gasteiger partial charge in [0.15, 0.2) is 0 Å². The van der Waals surface area contributed by atoms with Gasteiger partial charge in [0.1, 0.15) is 6.23 Å². The summed E-state index contributed by atoms with van der Waals surface area (Å²) in [5.41, 5.74) is 12.3. The molecule has 0 bridgehead atoms. The Balaban J connectivity index is 1.93. The molecule has 0 fully saturated rings. The highest BCUT2D eigenvalue weighted by atomic mass is 16.3. The van der Waals surface area contributed by atoms with E-state index in [4.69, 9.17) is 5.73 Å². The summed E-state index contributed by atoms with van der Waals surface area (Å²) in [7, 11) is 0. The summed E-state index contributed by atoms with van der Waals surface area (Å²) >= 11 is 0. The fourth-order valence-electron chi connectivity index (χ4n) is 3.22. The predicted molar refractivity (Wildman–Crippen MR) is 93.1 cm³/mol. The van der Waals surface area contributed by atoms with Crippen LogP contribution in [0.2, 0.25) is 0 Å². The van der Waals surface area contributed by atoms with Gasteiger partial charge in [-0.1, -0.05) is 48.5 Å². The van der Waals surface area contributed by atoms with Crippen LogP contribution >= 0.6 is 0 Å². The molecule has 1 aliphatic rings. The maximum atomic E-state index is 9.70. The van der Waals surface area contributed by atoms with E-state index in [0.29, 0.717) is 5.56 Å². The minimum absolute atomic E-state index is 0.711. The molecule has 114 valence electrons. The van der Waals surface area contributed by atoms with E-state index in [-0.39, 0.29) is 0 Å². The zero-order valence-corrected chi connectivity index (χ0v) is 12.7. The third kappa shape index (κ3) is 2.40. The number of benzene rings is 3. The van der Waals surface area contributed by atoms with Crippen LogP contribution in [0.5, 0.6) is 0 Å². The summed E-state index contributed by atoms with van der Waals surface area (Å²) in [5.74, 6) is 0. The van der Waals surface area contributed by atoms with Crippen molar-refractivity contribution in [3.8, 4) is 0 Å². The number of nitrogens with zero attached hydrogens (tertiary/aromatic N) is 1. The summed E-state index contributed by atoms with van der Waals surface area (Å²) in [4.78, 5) is 2.24. The summed E-state index contributed by atoms with van der Waals surface area (Å²) in [5, 5.41) is 9.70. The Labute approximate surface area is 135 Å². The summed E-state index contributed by atoms with van der Waals surface area (Å²) in [6.45, 7) is 0. The van der Waals surface area contributed by atoms with Crippen LogP contribution in [0.3, 0.4) is 0 Å². The molecule has 3 aromatic carbocycles. The molecular formula is C20H18N2O. The minimum atomic E-state index is -0.967. The molecule has 23 heavy (non-hydrogen) atoms. The van der Waals surface area contributed by atoms with E-state index in [9.17, 15) is 5.11 Å². The second kappa shape index (κ2) is 5.54. The number of aliphatic hydroxyl groups is 1. The van der Waals surface area contributed by atoms with E-state index < -0.39 is 6.23 Å². The number of nitrogens with two attached hydrogens (primary N) is 1. The van der Waals surface area contributed by atoms with Gasteiger partial charge in [-0.2, -0.15) is 0 Å². The van der Waals surface area contributed by atoms with E-state index in [1.54, 1.807) is 0 Å². The molecule has 3 aromatic rings. The highest BCUT2D eigenvalue weighted by Crippen LogP contribution is 2.43. The third-order valence-electron chi connectivity index (χ3n) is 4.32. The number of aliphatic hydroxyl groups excluding tert-OH is 1. The largest absolute Gasteiger partial charge is 0.375 e. The monoisotopic (exact) mass is 302 g/mol. The van der Waals surface area contributed by atoms with Crippen molar-refractivity contribution in [1.82, 2.24) is 0 Å². The fourth-order valence-corrected chi connectivity index (χ4v) is 3.22. The Hall–Kier alpha value is -2.62. The molecular weight excluding hydrogens is 284 g/mol. The van der Waals surface area contributed by atoms with Crippen molar-refractivity contribution in [3.05, 3.63) is 89.5 Å². The molecule has 0 amide bonds. The van der Waals surface area contributed by atoms with E-state index in [1.165, 1.54) is 22.5 Å². The number of rotatable bonds is 2. The van der Waals surface area contributed by atoms with Crippen molar-refractivity contribution >= 4 is 17.1 Å². The molecule has 4 rings (SSSR count). The molecule has 0 radical (unpaired) electrons. The van der Waals surface area contributed by atoms with Crippen molar-refractivity contribution in [2.45, 2.75) is 12.6 Å². The summed E-state index contributed by atoms with van der Waals surface area (Å²) in [6.07, 6.45) is -0.0348. The molecule has 0 spiro atoms. The first-order valence-corrected chi connectivity index (χ1v) is 7.73. The van der Waals surface area contributed by atoms with E-state index in [1.807, 2.05) is 24.3 Å². The number of hydrogen-bond acceptors (Lipinski definition) is 3. The first-order valence-electron chi connectivity index (χ1n) is 7.73. The van der Waals surface area contributed by atoms with Crippen molar-refractivity contribution in [1.29, 1.82) is 0 Å². The molecule has 0 aromatic heterocycles. The average Bonchev–Trinajstić information content (AvgIpc) is 2.59. The Morgan fingerprint density at radius 3 is 2.04 bits per heavy atom. The van der Waals surface area contributed by atoms with Crippen LogP contribution in [0.1, 0.15) is 22.9 Å². The normalized spacial score (nSPS) is 14.1. The third-order valence-corrected chi connectivity index (χ3v) is 4.32. The van der Waals surface area contributed by atoms with Crippen LogP contribution < -0.4 is 10.6 Å². The van der Waals surface area contributed by atoms with Crippen molar-refractivity contribution < 1.29 is 5.11 Å². The lowest BCUT2D eigenvalue weighted by molar-refractivity contribution is 0.186. The Morgan fingerprint density at radius 1 is 0.826 bits per heavy atom. The van der Waals surface area contributed by atoms with Crippen LogP contribution in [-0.2, 0) is 6.42 Å². The van der Waals surface area contributed by atoms with Crippen LogP contribution in [0, 0.1) is 0 Å². The van der Waals surface area contributed by atoms with Crippen LogP contribution in [0.25, 0.3) is 0 Å². The summed E-state index contributed by atoms with van der Waals surface area (Å²) < 4.78 is 0. The zero-order valence-electron chi connectivity index (χ0n) is 12.7. The first-order chi connectivity index (χ1) is 11.2. The molecule has 1 unspecified atom stereocenters. The second-order valence-electron chi connectivity index (χ2n) is 5.81. The quantitative estimate of drug-likeness (QED) is 0.550. The maximum Gasteiger partial charge on any atom is 0.128 e. The lowest BCUT2D eigenvalue weighted by Gasteiger charge is -2.33. The first kappa shape index (κ1) is 14.0. The SMILES string of the molecule is NC(O)c1cccc(N2c3ccccc3Cc3ccccc32)c1. The van der Waals surface area contributed by atoms with Gasteiger partial charge in [0.2, 0.25) is 0 Å². The topological polar surface area (TPSA) is 49.5 Å². The summed E-state index contributed by atoms with van der Waals surface area (Å²) in [6, 6.07) is 24.6. The molecule has 1 heterocycles. The van der Waals surface area contributed by atoms with Gasteiger partial charge in [0.05, 0.1) is 0 Å². The molecule has 1 atom stereocenters. The smallest absolute Gasteiger partial charge is 0.128 e. The van der Waals surface area contributed by atoms with Crippen LogP contribution in [-0.4, -0.2) is 5.11 Å². The van der Waals surface area contributed by atoms with Crippen LogP contribution in [0.4, 0.5) is 17.1 Å². The van der Waals surface area contributed by atoms with Gasteiger partial charge in [0, 0.05) is 23.5 Å². The van der Waals surface area contributed by atoms with Gasteiger partial charge in [-0.3, -0.25) is 0 Å². The van der Waals surface area contributed by atoms with Crippen molar-refractivity contribution in [2.24, 2.45) is 5.73 Å². The molecule has 0 saturated carbocycles. The van der Waals surface area contributed by atoms with Crippen molar-refractivity contribution in [2.75, 3.05) is 4.90 Å². The van der Waals surface area contributed by atoms with Gasteiger partial charge in [-0.25, -0.2) is 0 Å². The lowest BCUT2D eigenvalue weighted by Crippen LogP contribution is -2.19. The van der Waals surface area contributed by atoms with E-state index in [2.05, 4.69) is 53.4 Å². The van der Waals surface area contributed by atoms with Crippen molar-refractivity contribution in [3.63, 3.8) is 0 Å². The van der Waals surface area contributed by atoms with E-state index in [0.717, 1.165) is 12.1 Å². The molecule has 3 heteroatoms. The van der Waals surface area contributed by atoms with Gasteiger partial charge in [-0.05, 0) is 41.0 Å². The molecule has 0 saturated heterocycles. The predicted octanol–water partition coefficient (Wildman–Crippen LogP) is 4.01. The molecule has 1 aliphatic heterocycles. The molecule has 3 nitrogen and oxygen atoms in total.